The van der Waals surface area contributed by atoms with Gasteiger partial charge in [0.2, 0.25) is 0 Å². The van der Waals surface area contributed by atoms with Crippen molar-refractivity contribution in [3.8, 4) is 5.75 Å². The van der Waals surface area contributed by atoms with E-state index in [9.17, 15) is 4.79 Å². The number of allylic oxidation sites excluding steroid dienone is 1. The van der Waals surface area contributed by atoms with Gasteiger partial charge in [-0.3, -0.25) is 4.79 Å². The lowest BCUT2D eigenvalue weighted by atomic mass is 9.99. The van der Waals surface area contributed by atoms with Gasteiger partial charge in [0, 0.05) is 10.6 Å². The van der Waals surface area contributed by atoms with E-state index in [1.165, 1.54) is 0 Å². The van der Waals surface area contributed by atoms with Crippen LogP contribution in [-0.4, -0.2) is 18.2 Å². The maximum absolute atomic E-state index is 10.6. The molecule has 0 saturated carbocycles. The topological polar surface area (TPSA) is 46.5 Å². The number of halogens is 1. The highest BCUT2D eigenvalue weighted by atomic mass is 35.5. The molecule has 3 nitrogen and oxygen atoms in total. The van der Waals surface area contributed by atoms with Crippen LogP contribution in [-0.2, 0) is 4.79 Å². The molecule has 18 heavy (non-hydrogen) atoms. The van der Waals surface area contributed by atoms with Crippen molar-refractivity contribution < 1.29 is 14.6 Å². The predicted molar refractivity (Wildman–Crippen MR) is 73.3 cm³/mol. The maximum atomic E-state index is 10.6. The van der Waals surface area contributed by atoms with Crippen LogP contribution in [0.5, 0.6) is 5.75 Å². The highest BCUT2D eigenvalue weighted by Gasteiger charge is 2.10. The van der Waals surface area contributed by atoms with Gasteiger partial charge in [-0.15, -0.1) is 0 Å². The molecule has 1 rings (SSSR count). The summed E-state index contributed by atoms with van der Waals surface area (Å²) in [4.78, 5) is 10.6. The van der Waals surface area contributed by atoms with E-state index in [2.05, 4.69) is 0 Å². The normalized spacial score (nSPS) is 11.4. The molecule has 1 N–H and O–H groups in total. The molecule has 0 aliphatic rings. The zero-order valence-corrected chi connectivity index (χ0v) is 11.5. The molecular formula is C14H17ClO3. The first-order valence-corrected chi connectivity index (χ1v) is 6.12. The number of ether oxygens (including phenoxy) is 1. The Hall–Kier alpha value is -1.48. The Morgan fingerprint density at radius 2 is 2.17 bits per heavy atom. The molecule has 0 aromatic heterocycles. The molecule has 0 radical (unpaired) electrons. The van der Waals surface area contributed by atoms with Gasteiger partial charge >= 0.3 is 5.97 Å². The summed E-state index contributed by atoms with van der Waals surface area (Å²) in [5.74, 6) is -0.131. The molecule has 1 aromatic carbocycles. The molecule has 0 aliphatic heterocycles. The highest BCUT2D eigenvalue weighted by Crippen LogP contribution is 2.33. The Labute approximate surface area is 112 Å². The quantitative estimate of drug-likeness (QED) is 0.880. The van der Waals surface area contributed by atoms with Gasteiger partial charge in [-0.2, -0.15) is 0 Å². The molecule has 98 valence electrons. The fourth-order valence-electron chi connectivity index (χ4n) is 1.73. The number of benzene rings is 1. The van der Waals surface area contributed by atoms with Crippen molar-refractivity contribution in [3.05, 3.63) is 34.4 Å². The van der Waals surface area contributed by atoms with Crippen molar-refractivity contribution in [2.24, 2.45) is 0 Å². The van der Waals surface area contributed by atoms with Crippen molar-refractivity contribution in [1.29, 1.82) is 0 Å². The molecule has 0 fully saturated rings. The second-order valence-corrected chi connectivity index (χ2v) is 4.39. The van der Waals surface area contributed by atoms with Crippen molar-refractivity contribution in [3.63, 3.8) is 0 Å². The summed E-state index contributed by atoms with van der Waals surface area (Å²) < 4.78 is 5.32. The predicted octanol–water partition coefficient (Wildman–Crippen LogP) is 3.93. The maximum Gasteiger partial charge on any atom is 0.307 e. The fraction of sp³-hybridized carbons (Fsp3) is 0.357. The summed E-state index contributed by atoms with van der Waals surface area (Å²) in [6.45, 7) is 3.88. The minimum atomic E-state index is -0.849. The van der Waals surface area contributed by atoms with Gasteiger partial charge in [0.1, 0.15) is 5.75 Å². The number of aliphatic carboxylic acids is 1. The Bertz CT molecular complexity index is 478. The van der Waals surface area contributed by atoms with E-state index in [0.717, 1.165) is 28.9 Å². The van der Waals surface area contributed by atoms with Crippen LogP contribution < -0.4 is 4.74 Å². The Balaban J connectivity index is 3.23. The first-order valence-electron chi connectivity index (χ1n) is 5.74. The Morgan fingerprint density at radius 3 is 2.67 bits per heavy atom. The summed E-state index contributed by atoms with van der Waals surface area (Å²) in [5, 5.41) is 9.38. The molecule has 0 bridgehead atoms. The molecule has 0 saturated heterocycles. The number of carbonyl (C=O) groups is 1. The second kappa shape index (κ2) is 6.45. The number of carboxylic acids is 1. The molecule has 0 heterocycles. The molecular weight excluding hydrogens is 252 g/mol. The van der Waals surface area contributed by atoms with Gasteiger partial charge in [-0.25, -0.2) is 0 Å². The van der Waals surface area contributed by atoms with Crippen LogP contribution in [0.2, 0.25) is 5.02 Å². The van der Waals surface area contributed by atoms with Crippen LogP contribution in [0.1, 0.15) is 30.9 Å². The van der Waals surface area contributed by atoms with E-state index in [-0.39, 0.29) is 6.42 Å². The number of methoxy groups -OCH3 is 1. The molecule has 0 atom stereocenters. The molecule has 4 heteroatoms. The highest BCUT2D eigenvalue weighted by molar-refractivity contribution is 6.31. The minimum absolute atomic E-state index is 0.00216. The second-order valence-electron chi connectivity index (χ2n) is 3.98. The molecule has 0 amide bonds. The first kappa shape index (κ1) is 14.6. The van der Waals surface area contributed by atoms with E-state index < -0.39 is 5.97 Å². The third-order valence-electron chi connectivity index (χ3n) is 2.73. The molecule has 0 spiro atoms. The lowest BCUT2D eigenvalue weighted by Gasteiger charge is -2.13. The average molecular weight is 269 g/mol. The largest absolute Gasteiger partial charge is 0.496 e. The number of hydrogen-bond acceptors (Lipinski definition) is 2. The number of aryl methyl sites for hydroxylation is 1. The van der Waals surface area contributed by atoms with E-state index in [4.69, 9.17) is 21.4 Å². The van der Waals surface area contributed by atoms with Gasteiger partial charge in [0.25, 0.3) is 0 Å². The first-order chi connectivity index (χ1) is 8.49. The van der Waals surface area contributed by atoms with Gasteiger partial charge in [-0.05, 0) is 36.6 Å². The molecule has 0 aliphatic carbocycles. The standard InChI is InChI=1S/C14H17ClO3/c1-4-10(5-6-14(16)17)11-8-12(15)9(2)7-13(11)18-3/h5,7-8H,4,6H2,1-3H3,(H,16,17)/b10-5+. The van der Waals surface area contributed by atoms with Crippen LogP contribution in [0.15, 0.2) is 18.2 Å². The Morgan fingerprint density at radius 1 is 1.50 bits per heavy atom. The number of carboxylic acid groups (broad SMARTS) is 1. The summed E-state index contributed by atoms with van der Waals surface area (Å²) in [6.07, 6.45) is 2.42. The molecule has 1 aromatic rings. The van der Waals surface area contributed by atoms with Gasteiger partial charge in [0.15, 0.2) is 0 Å². The summed E-state index contributed by atoms with van der Waals surface area (Å²) >= 11 is 6.11. The summed E-state index contributed by atoms with van der Waals surface area (Å²) in [6, 6.07) is 3.69. The third-order valence-corrected chi connectivity index (χ3v) is 3.14. The van der Waals surface area contributed by atoms with E-state index >= 15 is 0 Å². The summed E-state index contributed by atoms with van der Waals surface area (Å²) in [7, 11) is 1.59. The van der Waals surface area contributed by atoms with Crippen LogP contribution >= 0.6 is 11.6 Å². The zero-order chi connectivity index (χ0) is 13.7. The average Bonchev–Trinajstić information content (AvgIpc) is 2.33. The van der Waals surface area contributed by atoms with Gasteiger partial charge in [0.05, 0.1) is 13.5 Å². The van der Waals surface area contributed by atoms with Crippen LogP contribution in [0.3, 0.4) is 0 Å². The van der Waals surface area contributed by atoms with Crippen molar-refractivity contribution >= 4 is 23.1 Å². The third kappa shape index (κ3) is 3.50. The van der Waals surface area contributed by atoms with Gasteiger partial charge < -0.3 is 9.84 Å². The van der Waals surface area contributed by atoms with Crippen LogP contribution in [0.4, 0.5) is 0 Å². The van der Waals surface area contributed by atoms with E-state index in [0.29, 0.717) is 5.02 Å². The van der Waals surface area contributed by atoms with Gasteiger partial charge in [-0.1, -0.05) is 24.6 Å². The van der Waals surface area contributed by atoms with Crippen LogP contribution in [0.25, 0.3) is 5.57 Å². The lowest BCUT2D eigenvalue weighted by Crippen LogP contribution is -1.96. The number of rotatable bonds is 5. The van der Waals surface area contributed by atoms with E-state index in [1.807, 2.05) is 26.0 Å². The van der Waals surface area contributed by atoms with Crippen LogP contribution in [0, 0.1) is 6.92 Å². The molecule has 0 unspecified atom stereocenters. The lowest BCUT2D eigenvalue weighted by molar-refractivity contribution is -0.135. The monoisotopic (exact) mass is 268 g/mol. The van der Waals surface area contributed by atoms with E-state index in [1.54, 1.807) is 13.2 Å². The summed E-state index contributed by atoms with van der Waals surface area (Å²) in [5.41, 5.74) is 2.72. The van der Waals surface area contributed by atoms with Crippen molar-refractivity contribution in [2.45, 2.75) is 26.7 Å². The fourth-order valence-corrected chi connectivity index (χ4v) is 1.89. The van der Waals surface area contributed by atoms with Crippen molar-refractivity contribution in [2.75, 3.05) is 7.11 Å². The zero-order valence-electron chi connectivity index (χ0n) is 10.8. The number of hydrogen-bond donors (Lipinski definition) is 1. The van der Waals surface area contributed by atoms with Crippen molar-refractivity contribution in [1.82, 2.24) is 0 Å². The minimum Gasteiger partial charge on any atom is -0.496 e. The smallest absolute Gasteiger partial charge is 0.307 e. The SMILES string of the molecule is CC/C(=C\CC(=O)O)c1cc(Cl)c(C)cc1OC. The Kier molecular flexibility index (Phi) is 5.23.